The van der Waals surface area contributed by atoms with Crippen molar-refractivity contribution < 1.29 is 26.3 Å². The molecule has 0 aliphatic carbocycles. The number of ether oxygens (including phenoxy) is 2. The van der Waals surface area contributed by atoms with Gasteiger partial charge in [0.15, 0.2) is 10.1 Å². The molecule has 0 saturated heterocycles. The van der Waals surface area contributed by atoms with E-state index in [0.717, 1.165) is 46.9 Å². The predicted molar refractivity (Wildman–Crippen MR) is 212 cm³/mol. The van der Waals surface area contributed by atoms with Crippen molar-refractivity contribution >= 4 is 20.0 Å². The van der Waals surface area contributed by atoms with Crippen LogP contribution in [0.1, 0.15) is 101 Å². The van der Waals surface area contributed by atoms with Crippen LogP contribution in [0.3, 0.4) is 0 Å². The van der Waals surface area contributed by atoms with Crippen LogP contribution in [0.5, 0.6) is 11.5 Å². The molecule has 300 valence electrons. The normalized spacial score (nSPS) is 13.4. The first kappa shape index (κ1) is 44.6. The van der Waals surface area contributed by atoms with Crippen LogP contribution in [0.2, 0.25) is 0 Å². The highest BCUT2D eigenvalue weighted by Crippen LogP contribution is 2.30. The zero-order valence-electron chi connectivity index (χ0n) is 33.9. The summed E-state index contributed by atoms with van der Waals surface area (Å²) in [6.45, 7) is 12.5. The highest BCUT2D eigenvalue weighted by molar-refractivity contribution is 7.89. The molecule has 0 saturated carbocycles. The second-order valence-corrected chi connectivity index (χ2v) is 17.6. The minimum Gasteiger partial charge on any atom is -0.497 e. The van der Waals surface area contributed by atoms with Crippen molar-refractivity contribution in [3.63, 3.8) is 0 Å². The van der Waals surface area contributed by atoms with Gasteiger partial charge in [-0.25, -0.2) is 22.0 Å². The number of methoxy groups -OCH3 is 2. The summed E-state index contributed by atoms with van der Waals surface area (Å²) < 4.78 is 66.4. The van der Waals surface area contributed by atoms with Gasteiger partial charge >= 0.3 is 0 Å². The number of sulfonamides is 2. The molecule has 2 unspecified atom stereocenters. The number of aromatic nitrogens is 4. The Morgan fingerprint density at radius 1 is 0.648 bits per heavy atom. The SMILES string of the molecule is CCC(c1cc(S(=O)(=O)N(Cc2ccc(OC)cc2)Cc2ccc(OC)cc2)nn1C(C)C)N(C)C.CCC(c1cc(S(N)(=O)=O)nn1C(C)C)N(C)C. The number of primary sulfonamides is 1. The molecule has 0 amide bonds. The van der Waals surface area contributed by atoms with Gasteiger partial charge in [-0.15, -0.1) is 0 Å². The first-order valence-corrected chi connectivity index (χ1v) is 21.1. The molecule has 2 atom stereocenters. The number of benzene rings is 2. The average Bonchev–Trinajstić information content (AvgIpc) is 3.76. The standard InChI is InChI=1S/C27H38N4O4S.C11H22N4O2S/c1-8-25(29(4)5)26-17-27(28-31(26)20(2)3)36(32,33)30(18-21-9-13-23(34-6)14-10-21)19-22-11-15-24(35-7)16-12-22;1-6-9(14(4)5)10-7-11(18(12,16)17)13-15(10)8(2)3/h9-17,20,25H,8,18-19H2,1-7H3;7-9H,6H2,1-5H3,(H2,12,16,17). The Hall–Kier alpha value is -3.80. The van der Waals surface area contributed by atoms with Crippen LogP contribution < -0.4 is 14.6 Å². The average molecular weight is 789 g/mol. The van der Waals surface area contributed by atoms with Gasteiger partial charge < -0.3 is 19.3 Å². The molecule has 2 heterocycles. The lowest BCUT2D eigenvalue weighted by Crippen LogP contribution is -2.30. The molecule has 2 N–H and O–H groups in total. The summed E-state index contributed by atoms with van der Waals surface area (Å²) in [4.78, 5) is 4.14. The fourth-order valence-corrected chi connectivity index (χ4v) is 8.12. The van der Waals surface area contributed by atoms with Gasteiger partial charge in [0, 0.05) is 37.3 Å². The van der Waals surface area contributed by atoms with E-state index in [1.54, 1.807) is 31.0 Å². The lowest BCUT2D eigenvalue weighted by atomic mass is 10.1. The van der Waals surface area contributed by atoms with Crippen LogP contribution in [0.25, 0.3) is 0 Å². The van der Waals surface area contributed by atoms with Crippen molar-refractivity contribution in [2.45, 2.75) is 102 Å². The first-order chi connectivity index (χ1) is 25.3. The van der Waals surface area contributed by atoms with Gasteiger partial charge in [0.1, 0.15) is 11.5 Å². The van der Waals surface area contributed by atoms with E-state index in [-0.39, 0.29) is 47.3 Å². The summed E-state index contributed by atoms with van der Waals surface area (Å²) in [5.41, 5.74) is 3.48. The number of rotatable bonds is 17. The molecular weight excluding hydrogens is 729 g/mol. The summed E-state index contributed by atoms with van der Waals surface area (Å²) in [7, 11) is 3.47. The zero-order valence-corrected chi connectivity index (χ0v) is 35.5. The fourth-order valence-electron chi connectivity index (χ4n) is 6.27. The third kappa shape index (κ3) is 11.1. The molecule has 54 heavy (non-hydrogen) atoms. The van der Waals surface area contributed by atoms with Crippen molar-refractivity contribution in [3.8, 4) is 11.5 Å². The van der Waals surface area contributed by atoms with E-state index in [1.165, 1.54) is 4.31 Å². The largest absolute Gasteiger partial charge is 0.497 e. The second kappa shape index (κ2) is 19.2. The lowest BCUT2D eigenvalue weighted by molar-refractivity contribution is 0.271. The molecule has 2 aromatic heterocycles. The summed E-state index contributed by atoms with van der Waals surface area (Å²) in [6.07, 6.45) is 1.71. The van der Waals surface area contributed by atoms with E-state index in [4.69, 9.17) is 14.6 Å². The monoisotopic (exact) mass is 788 g/mol. The summed E-state index contributed by atoms with van der Waals surface area (Å²) in [6, 6.07) is 18.5. The number of nitrogens with zero attached hydrogens (tertiary/aromatic N) is 7. The summed E-state index contributed by atoms with van der Waals surface area (Å²) in [5, 5.41) is 13.9. The van der Waals surface area contributed by atoms with Crippen LogP contribution in [0.4, 0.5) is 0 Å². The van der Waals surface area contributed by atoms with Gasteiger partial charge in [0.05, 0.1) is 37.7 Å². The predicted octanol–water partition coefficient (Wildman–Crippen LogP) is 6.01. The smallest absolute Gasteiger partial charge is 0.263 e. The third-order valence-corrected chi connectivity index (χ3v) is 11.5. The third-order valence-electron chi connectivity index (χ3n) is 9.10. The number of hydrogen-bond acceptors (Lipinski definition) is 10. The Morgan fingerprint density at radius 3 is 1.30 bits per heavy atom. The van der Waals surface area contributed by atoms with Crippen LogP contribution in [-0.4, -0.2) is 92.9 Å². The molecular formula is C38H60N8O6S2. The van der Waals surface area contributed by atoms with Gasteiger partial charge in [0.25, 0.3) is 20.0 Å². The molecule has 0 spiro atoms. The maximum Gasteiger partial charge on any atom is 0.263 e. The number of nitrogens with two attached hydrogens (primary N) is 1. The van der Waals surface area contributed by atoms with E-state index in [2.05, 4.69) is 28.9 Å². The Bertz CT molecular complexity index is 1940. The van der Waals surface area contributed by atoms with E-state index < -0.39 is 20.0 Å². The molecule has 4 rings (SSSR count). The van der Waals surface area contributed by atoms with Gasteiger partial charge in [-0.2, -0.15) is 14.5 Å². The quantitative estimate of drug-likeness (QED) is 0.134. The molecule has 0 aliphatic heterocycles. The summed E-state index contributed by atoms with van der Waals surface area (Å²) in [5.74, 6) is 1.44. The Morgan fingerprint density at radius 2 is 1.00 bits per heavy atom. The molecule has 0 aliphatic rings. The van der Waals surface area contributed by atoms with Crippen LogP contribution >= 0.6 is 0 Å². The van der Waals surface area contributed by atoms with Crippen molar-refractivity contribution in [1.29, 1.82) is 0 Å². The van der Waals surface area contributed by atoms with Crippen molar-refractivity contribution in [3.05, 3.63) is 83.2 Å². The van der Waals surface area contributed by atoms with E-state index in [0.29, 0.717) is 0 Å². The fraction of sp³-hybridized carbons (Fsp3) is 0.526. The van der Waals surface area contributed by atoms with Gasteiger partial charge in [-0.05, 0) is 104 Å². The van der Waals surface area contributed by atoms with Gasteiger partial charge in [-0.1, -0.05) is 38.1 Å². The minimum atomic E-state index is -3.91. The molecule has 0 bridgehead atoms. The maximum atomic E-state index is 14.0. The minimum absolute atomic E-state index is 0.0228. The lowest BCUT2D eigenvalue weighted by Gasteiger charge is -2.24. The highest BCUT2D eigenvalue weighted by atomic mass is 32.2. The first-order valence-electron chi connectivity index (χ1n) is 18.1. The molecule has 0 fully saturated rings. The van der Waals surface area contributed by atoms with Crippen LogP contribution in [-0.2, 0) is 33.1 Å². The Balaban J connectivity index is 0.000000366. The summed E-state index contributed by atoms with van der Waals surface area (Å²) >= 11 is 0. The molecule has 16 heteroatoms. The van der Waals surface area contributed by atoms with E-state index >= 15 is 0 Å². The van der Waals surface area contributed by atoms with Crippen LogP contribution in [0.15, 0.2) is 70.7 Å². The molecule has 14 nitrogen and oxygen atoms in total. The topological polar surface area (TPSA) is 158 Å². The zero-order chi connectivity index (χ0) is 40.5. The van der Waals surface area contributed by atoms with Crippen LogP contribution in [0, 0.1) is 0 Å². The Kier molecular flexibility index (Phi) is 15.8. The molecule has 2 aromatic carbocycles. The van der Waals surface area contributed by atoms with E-state index in [1.807, 2.05) is 114 Å². The van der Waals surface area contributed by atoms with Crippen molar-refractivity contribution in [1.82, 2.24) is 33.7 Å². The van der Waals surface area contributed by atoms with Crippen molar-refractivity contribution in [2.24, 2.45) is 5.14 Å². The molecule has 4 aromatic rings. The molecule has 0 radical (unpaired) electrons. The Labute approximate surface area is 322 Å². The number of hydrogen-bond donors (Lipinski definition) is 1. The van der Waals surface area contributed by atoms with Crippen molar-refractivity contribution in [2.75, 3.05) is 42.4 Å². The van der Waals surface area contributed by atoms with Gasteiger partial charge in [0.2, 0.25) is 0 Å². The van der Waals surface area contributed by atoms with Gasteiger partial charge in [-0.3, -0.25) is 9.36 Å². The maximum absolute atomic E-state index is 14.0. The second-order valence-electron chi connectivity index (χ2n) is 14.2. The van der Waals surface area contributed by atoms with E-state index in [9.17, 15) is 16.8 Å². The highest BCUT2D eigenvalue weighted by Gasteiger charge is 2.31.